The first-order valence-corrected chi connectivity index (χ1v) is 4.25. The molecule has 0 bridgehead atoms. The summed E-state index contributed by atoms with van der Waals surface area (Å²) in [6, 6.07) is 0. The summed E-state index contributed by atoms with van der Waals surface area (Å²) in [5.41, 5.74) is 0.142. The van der Waals surface area contributed by atoms with Crippen LogP contribution >= 0.6 is 11.6 Å². The Bertz CT molecular complexity index is 371. The Hall–Kier alpha value is -0.620. The average Bonchev–Trinajstić information content (AvgIpc) is 2.11. The van der Waals surface area contributed by atoms with Gasteiger partial charge in [0, 0.05) is 0 Å². The number of aromatic nitrogens is 1. The van der Waals surface area contributed by atoms with Gasteiger partial charge in [-0.05, 0) is 6.92 Å². The van der Waals surface area contributed by atoms with Gasteiger partial charge in [-0.15, -0.1) is 0 Å². The average molecular weight is 200 g/mol. The molecule has 62 valence electrons. The minimum Gasteiger partial charge on any atom is -0.340 e. The van der Waals surface area contributed by atoms with Gasteiger partial charge in [0.1, 0.15) is 10.7 Å². The maximum Gasteiger partial charge on any atom is 0.370 e. The predicted octanol–water partition coefficient (Wildman–Crippen LogP) is 1.29. The van der Waals surface area contributed by atoms with Gasteiger partial charge >= 0.3 is 15.3 Å². The van der Waals surface area contributed by atoms with Gasteiger partial charge in [-0.25, -0.2) is 0 Å². The maximum atomic E-state index is 12.1. The molecule has 0 radical (unpaired) electrons. The molecule has 0 saturated heterocycles. The zero-order valence-electron chi connectivity index (χ0n) is 5.34. The van der Waals surface area contributed by atoms with E-state index in [2.05, 4.69) is 9.68 Å². The first-order valence-electron chi connectivity index (χ1n) is 2.49. The highest BCUT2D eigenvalue weighted by atomic mass is 35.5. The first-order chi connectivity index (χ1) is 4.93. The highest BCUT2D eigenvalue weighted by Crippen LogP contribution is 2.25. The highest BCUT2D eigenvalue weighted by molar-refractivity contribution is 7.86. The van der Waals surface area contributed by atoms with E-state index in [0.29, 0.717) is 0 Å². The Morgan fingerprint density at radius 3 is 2.36 bits per heavy atom. The minimum absolute atomic E-state index is 0.142. The van der Waals surface area contributed by atoms with Crippen molar-refractivity contribution in [3.05, 3.63) is 10.7 Å². The van der Waals surface area contributed by atoms with Crippen LogP contribution in [0.3, 0.4) is 0 Å². The molecule has 0 amide bonds. The van der Waals surface area contributed by atoms with Gasteiger partial charge in [0.05, 0.1) is 0 Å². The number of nitrogens with zero attached hydrogens (tertiary/aromatic N) is 1. The second kappa shape index (κ2) is 2.46. The van der Waals surface area contributed by atoms with E-state index < -0.39 is 15.3 Å². The Labute approximate surface area is 67.2 Å². The van der Waals surface area contributed by atoms with Crippen molar-refractivity contribution in [2.45, 2.75) is 12.0 Å². The molecule has 1 aromatic heterocycles. The molecule has 1 aromatic rings. The fraction of sp³-hybridized carbons (Fsp3) is 0.250. The van der Waals surface area contributed by atoms with Gasteiger partial charge in [0.2, 0.25) is 0 Å². The summed E-state index contributed by atoms with van der Waals surface area (Å²) in [5, 5.41) is 1.91. The number of hydrogen-bond donors (Lipinski definition) is 0. The van der Waals surface area contributed by atoms with Crippen molar-refractivity contribution in [2.75, 3.05) is 0 Å². The molecule has 1 heterocycles. The molecule has 0 atom stereocenters. The molecule has 0 aliphatic rings. The van der Waals surface area contributed by atoms with Crippen LogP contribution in [0, 0.1) is 6.92 Å². The molecule has 7 heteroatoms. The summed E-state index contributed by atoms with van der Waals surface area (Å²) in [6.45, 7) is 1.40. The van der Waals surface area contributed by atoms with Crippen LogP contribution in [0.5, 0.6) is 0 Å². The molecule has 0 aromatic carbocycles. The summed E-state index contributed by atoms with van der Waals surface area (Å²) in [4.78, 5) is 0. The zero-order valence-corrected chi connectivity index (χ0v) is 6.91. The van der Waals surface area contributed by atoms with Crippen molar-refractivity contribution in [3.8, 4) is 0 Å². The number of hydrogen-bond acceptors (Lipinski definition) is 4. The van der Waals surface area contributed by atoms with Crippen LogP contribution < -0.4 is 0 Å². The number of aryl methyl sites for hydroxylation is 1. The largest absolute Gasteiger partial charge is 0.370 e. The third kappa shape index (κ3) is 1.51. The second-order valence-corrected chi connectivity index (χ2v) is 3.43. The molecule has 0 fully saturated rings. The van der Waals surface area contributed by atoms with Gasteiger partial charge in [-0.1, -0.05) is 20.6 Å². The molecule has 0 unspecified atom stereocenters. The molecule has 4 nitrogen and oxygen atoms in total. The van der Waals surface area contributed by atoms with Crippen molar-refractivity contribution in [1.82, 2.24) is 5.16 Å². The van der Waals surface area contributed by atoms with Gasteiger partial charge < -0.3 is 4.52 Å². The van der Waals surface area contributed by atoms with E-state index in [1.54, 1.807) is 0 Å². The second-order valence-electron chi connectivity index (χ2n) is 1.81. The zero-order chi connectivity index (χ0) is 8.65. The third-order valence-corrected chi connectivity index (χ3v) is 2.26. The Morgan fingerprint density at radius 1 is 1.64 bits per heavy atom. The Kier molecular flexibility index (Phi) is 1.89. The lowest BCUT2D eigenvalue weighted by Crippen LogP contribution is -1.89. The fourth-order valence-corrected chi connectivity index (χ4v) is 1.32. The third-order valence-electron chi connectivity index (χ3n) is 0.984. The molecule has 0 spiro atoms. The molecule has 0 aliphatic heterocycles. The highest BCUT2D eigenvalue weighted by Gasteiger charge is 2.24. The summed E-state index contributed by atoms with van der Waals surface area (Å²) in [6.07, 6.45) is 0. The van der Waals surface area contributed by atoms with E-state index in [9.17, 15) is 12.3 Å². The van der Waals surface area contributed by atoms with Crippen LogP contribution in [-0.2, 0) is 10.2 Å². The SMILES string of the molecule is Cc1noc(S(=O)(=O)F)c1Cl. The summed E-state index contributed by atoms with van der Waals surface area (Å²) < 4.78 is 36.6. The van der Waals surface area contributed by atoms with Crippen molar-refractivity contribution in [2.24, 2.45) is 0 Å². The molecule has 1 rings (SSSR count). The molecule has 0 aliphatic carbocycles. The monoisotopic (exact) mass is 199 g/mol. The van der Waals surface area contributed by atoms with Crippen molar-refractivity contribution >= 4 is 21.8 Å². The molecular weight excluding hydrogens is 197 g/mol. The lowest BCUT2D eigenvalue weighted by molar-refractivity contribution is 0.330. The quantitative estimate of drug-likeness (QED) is 0.640. The molecule has 0 N–H and O–H groups in total. The van der Waals surface area contributed by atoms with Gasteiger partial charge in [-0.3, -0.25) is 0 Å². The van der Waals surface area contributed by atoms with Crippen LogP contribution in [-0.4, -0.2) is 13.6 Å². The first kappa shape index (κ1) is 8.48. The van der Waals surface area contributed by atoms with Crippen LogP contribution in [0.1, 0.15) is 5.69 Å². The Balaban J connectivity index is 3.38. The molecular formula is C4H3ClFNO3S. The van der Waals surface area contributed by atoms with E-state index >= 15 is 0 Å². The van der Waals surface area contributed by atoms with Crippen LogP contribution in [0.15, 0.2) is 9.62 Å². The van der Waals surface area contributed by atoms with E-state index in [1.165, 1.54) is 6.92 Å². The van der Waals surface area contributed by atoms with E-state index in [0.717, 1.165) is 0 Å². The fourth-order valence-electron chi connectivity index (χ4n) is 0.489. The Morgan fingerprint density at radius 2 is 2.18 bits per heavy atom. The summed E-state index contributed by atoms with van der Waals surface area (Å²) in [7, 11) is -4.87. The van der Waals surface area contributed by atoms with E-state index in [1.807, 2.05) is 0 Å². The lowest BCUT2D eigenvalue weighted by atomic mass is 10.5. The normalized spacial score (nSPS) is 11.9. The van der Waals surface area contributed by atoms with Crippen molar-refractivity contribution in [1.29, 1.82) is 0 Å². The van der Waals surface area contributed by atoms with Crippen LogP contribution in [0.2, 0.25) is 5.02 Å². The minimum atomic E-state index is -4.87. The van der Waals surface area contributed by atoms with Gasteiger partial charge in [0.15, 0.2) is 0 Å². The number of halogens is 2. The van der Waals surface area contributed by atoms with E-state index in [4.69, 9.17) is 11.6 Å². The topological polar surface area (TPSA) is 60.2 Å². The van der Waals surface area contributed by atoms with Gasteiger partial charge in [0.25, 0.3) is 0 Å². The summed E-state index contributed by atoms with van der Waals surface area (Å²) >= 11 is 5.32. The standard InChI is InChI=1S/C4H3ClFNO3S/c1-2-3(5)4(10-7-2)11(6,8)9/h1H3. The van der Waals surface area contributed by atoms with Crippen molar-refractivity contribution in [3.63, 3.8) is 0 Å². The smallest absolute Gasteiger partial charge is 0.340 e. The van der Waals surface area contributed by atoms with Gasteiger partial charge in [-0.2, -0.15) is 8.42 Å². The van der Waals surface area contributed by atoms with E-state index in [-0.39, 0.29) is 10.7 Å². The van der Waals surface area contributed by atoms with Crippen LogP contribution in [0.4, 0.5) is 3.89 Å². The predicted molar refractivity (Wildman–Crippen MR) is 34.5 cm³/mol. The maximum absolute atomic E-state index is 12.1. The summed E-state index contributed by atoms with van der Waals surface area (Å²) in [5.74, 6) is 0. The lowest BCUT2D eigenvalue weighted by Gasteiger charge is -1.84. The van der Waals surface area contributed by atoms with Crippen LogP contribution in [0.25, 0.3) is 0 Å². The number of rotatable bonds is 1. The molecule has 0 saturated carbocycles. The van der Waals surface area contributed by atoms with Crippen molar-refractivity contribution < 1.29 is 16.8 Å². The molecule has 11 heavy (non-hydrogen) atoms.